The van der Waals surface area contributed by atoms with E-state index in [1.54, 1.807) is 0 Å². The summed E-state index contributed by atoms with van der Waals surface area (Å²) in [5, 5.41) is 11.4. The second-order valence-electron chi connectivity index (χ2n) is 2.81. The number of nitrogens with one attached hydrogen (secondary N) is 3. The molecule has 0 aromatic carbocycles. The minimum atomic E-state index is -0.502. The van der Waals surface area contributed by atoms with Crippen LogP contribution in [0.5, 0.6) is 0 Å². The molecule has 86 valence electrons. The molecule has 0 radical (unpaired) electrons. The Morgan fingerprint density at radius 3 is 2.67 bits per heavy atom. The fraction of sp³-hybridized carbons (Fsp3) is 0.625. The van der Waals surface area contributed by atoms with Gasteiger partial charge in [-0.3, -0.25) is 15.5 Å². The number of hydrogen-bond donors (Lipinski definition) is 4. The molecule has 6 nitrogen and oxygen atoms in total. The van der Waals surface area contributed by atoms with Crippen molar-refractivity contribution in [2.45, 2.75) is 19.8 Å². The zero-order valence-electron chi connectivity index (χ0n) is 8.63. The second kappa shape index (κ2) is 8.10. The Bertz CT molecular complexity index is 245. The Balaban J connectivity index is 3.58. The highest BCUT2D eigenvalue weighted by Gasteiger charge is 2.07. The number of amidine groups is 1. The average Bonchev–Trinajstić information content (AvgIpc) is 2.15. The Labute approximate surface area is 92.9 Å². The first-order valence-electron chi connectivity index (χ1n) is 4.60. The number of amides is 3. The van der Waals surface area contributed by atoms with Crippen molar-refractivity contribution in [1.82, 2.24) is 10.6 Å². The zero-order chi connectivity index (χ0) is 11.7. The van der Waals surface area contributed by atoms with Gasteiger partial charge in [-0.05, 0) is 6.42 Å². The van der Waals surface area contributed by atoms with E-state index >= 15 is 0 Å². The first-order chi connectivity index (χ1) is 7.06. The van der Waals surface area contributed by atoms with Crippen molar-refractivity contribution >= 4 is 28.9 Å². The first kappa shape index (κ1) is 13.8. The number of carbonyl (C=O) groups excluding carboxylic acids is 2. The number of rotatable bonds is 5. The molecule has 0 spiro atoms. The van der Waals surface area contributed by atoms with E-state index < -0.39 is 11.9 Å². The molecule has 0 saturated heterocycles. The van der Waals surface area contributed by atoms with E-state index in [2.05, 4.69) is 10.6 Å². The number of unbranched alkanes of at least 4 members (excludes halogenated alkanes) is 1. The van der Waals surface area contributed by atoms with Crippen LogP contribution < -0.4 is 16.4 Å². The van der Waals surface area contributed by atoms with Gasteiger partial charge in [-0.25, -0.2) is 4.79 Å². The third-order valence-electron chi connectivity index (χ3n) is 1.43. The molecular formula is C8H16N4O2S. The number of carbonyl (C=O) groups is 2. The molecule has 0 fully saturated rings. The lowest BCUT2D eigenvalue weighted by atomic mass is 10.3. The van der Waals surface area contributed by atoms with Gasteiger partial charge in [-0.15, -0.1) is 0 Å². The molecule has 0 aliphatic carbocycles. The maximum Gasteiger partial charge on any atom is 0.321 e. The fourth-order valence-electron chi connectivity index (χ4n) is 0.729. The lowest BCUT2D eigenvalue weighted by Gasteiger charge is -2.05. The predicted octanol–water partition coefficient (Wildman–Crippen LogP) is 0.239. The zero-order valence-corrected chi connectivity index (χ0v) is 9.45. The van der Waals surface area contributed by atoms with Crippen molar-refractivity contribution in [1.29, 1.82) is 5.41 Å². The smallest absolute Gasteiger partial charge is 0.321 e. The van der Waals surface area contributed by atoms with Crippen molar-refractivity contribution in [3.05, 3.63) is 0 Å². The highest BCUT2D eigenvalue weighted by atomic mass is 32.2. The van der Waals surface area contributed by atoms with Crippen LogP contribution in [-0.2, 0) is 4.79 Å². The van der Waals surface area contributed by atoms with E-state index in [1.165, 1.54) is 0 Å². The minimum absolute atomic E-state index is 0.0173. The molecule has 0 bridgehead atoms. The van der Waals surface area contributed by atoms with Crippen molar-refractivity contribution in [3.63, 3.8) is 0 Å². The van der Waals surface area contributed by atoms with Crippen LogP contribution in [0.4, 0.5) is 4.79 Å². The predicted molar refractivity (Wildman–Crippen MR) is 60.8 cm³/mol. The van der Waals surface area contributed by atoms with Crippen LogP contribution in [0.3, 0.4) is 0 Å². The van der Waals surface area contributed by atoms with E-state index in [-0.39, 0.29) is 10.9 Å². The van der Waals surface area contributed by atoms with Crippen LogP contribution in [0, 0.1) is 5.41 Å². The highest BCUT2D eigenvalue weighted by molar-refractivity contribution is 8.14. The SMILES string of the molecule is CCCCNC(=O)NC(=O)CSC(=N)N. The number of urea groups is 1. The number of imide groups is 1. The maximum absolute atomic E-state index is 11.0. The lowest BCUT2D eigenvalue weighted by Crippen LogP contribution is -2.40. The standard InChI is InChI=1S/C8H16N4O2S/c1-2-3-4-11-8(14)12-6(13)5-15-7(9)10/h2-5H2,1H3,(H3,9,10)(H2,11,12,13,14). The molecule has 0 aliphatic heterocycles. The molecule has 0 aromatic heterocycles. The van der Waals surface area contributed by atoms with Gasteiger partial charge >= 0.3 is 6.03 Å². The third-order valence-corrected chi connectivity index (χ3v) is 2.15. The second-order valence-corrected chi connectivity index (χ2v) is 3.83. The van der Waals surface area contributed by atoms with E-state index in [0.717, 1.165) is 24.6 Å². The Morgan fingerprint density at radius 1 is 1.47 bits per heavy atom. The number of nitrogens with two attached hydrogens (primary N) is 1. The van der Waals surface area contributed by atoms with Crippen LogP contribution in [0.15, 0.2) is 0 Å². The number of thioether (sulfide) groups is 1. The summed E-state index contributed by atoms with van der Waals surface area (Å²) in [6.07, 6.45) is 1.86. The van der Waals surface area contributed by atoms with E-state index in [0.29, 0.717) is 6.54 Å². The number of hydrogen-bond acceptors (Lipinski definition) is 4. The van der Waals surface area contributed by atoms with Crippen LogP contribution in [0.2, 0.25) is 0 Å². The fourth-order valence-corrected chi connectivity index (χ4v) is 1.09. The van der Waals surface area contributed by atoms with Crippen molar-refractivity contribution in [2.75, 3.05) is 12.3 Å². The monoisotopic (exact) mass is 232 g/mol. The minimum Gasteiger partial charge on any atom is -0.379 e. The van der Waals surface area contributed by atoms with Gasteiger partial charge in [-0.2, -0.15) is 0 Å². The summed E-state index contributed by atoms with van der Waals surface area (Å²) in [5.74, 6) is -0.472. The third kappa shape index (κ3) is 9.07. The summed E-state index contributed by atoms with van der Waals surface area (Å²) >= 11 is 0.879. The molecule has 0 aromatic rings. The largest absolute Gasteiger partial charge is 0.379 e. The molecule has 0 rings (SSSR count). The Hall–Kier alpha value is -1.24. The summed E-state index contributed by atoms with van der Waals surface area (Å²) in [7, 11) is 0. The molecule has 0 aliphatic rings. The van der Waals surface area contributed by atoms with Crippen LogP contribution in [0.25, 0.3) is 0 Å². The van der Waals surface area contributed by atoms with Gasteiger partial charge in [0.1, 0.15) is 0 Å². The van der Waals surface area contributed by atoms with Crippen LogP contribution in [-0.4, -0.2) is 29.4 Å². The maximum atomic E-state index is 11.0. The molecule has 0 heterocycles. The molecule has 3 amide bonds. The Kier molecular flexibility index (Phi) is 7.43. The van der Waals surface area contributed by atoms with Gasteiger partial charge in [0.15, 0.2) is 5.17 Å². The van der Waals surface area contributed by atoms with Gasteiger partial charge in [0, 0.05) is 6.54 Å². The van der Waals surface area contributed by atoms with Gasteiger partial charge in [0.2, 0.25) is 5.91 Å². The molecular weight excluding hydrogens is 216 g/mol. The van der Waals surface area contributed by atoms with Gasteiger partial charge < -0.3 is 11.1 Å². The molecule has 15 heavy (non-hydrogen) atoms. The van der Waals surface area contributed by atoms with E-state index in [1.807, 2.05) is 6.92 Å². The van der Waals surface area contributed by atoms with Crippen LogP contribution >= 0.6 is 11.8 Å². The summed E-state index contributed by atoms with van der Waals surface area (Å²) in [6.45, 7) is 2.56. The molecule has 0 unspecified atom stereocenters. The topological polar surface area (TPSA) is 108 Å². The van der Waals surface area contributed by atoms with E-state index in [9.17, 15) is 9.59 Å². The average molecular weight is 232 g/mol. The highest BCUT2D eigenvalue weighted by Crippen LogP contribution is 1.95. The van der Waals surface area contributed by atoms with Crippen LogP contribution in [0.1, 0.15) is 19.8 Å². The van der Waals surface area contributed by atoms with Crippen molar-refractivity contribution in [2.24, 2.45) is 5.73 Å². The van der Waals surface area contributed by atoms with Gasteiger partial charge in [-0.1, -0.05) is 25.1 Å². The summed E-state index contributed by atoms with van der Waals surface area (Å²) in [5.41, 5.74) is 5.04. The van der Waals surface area contributed by atoms with Crippen molar-refractivity contribution < 1.29 is 9.59 Å². The first-order valence-corrected chi connectivity index (χ1v) is 5.59. The van der Waals surface area contributed by atoms with E-state index in [4.69, 9.17) is 11.1 Å². The van der Waals surface area contributed by atoms with Gasteiger partial charge in [0.05, 0.1) is 5.75 Å². The van der Waals surface area contributed by atoms with Gasteiger partial charge in [0.25, 0.3) is 0 Å². The molecule has 0 atom stereocenters. The Morgan fingerprint density at radius 2 is 2.13 bits per heavy atom. The quantitative estimate of drug-likeness (QED) is 0.309. The summed E-state index contributed by atoms with van der Waals surface area (Å²) in [4.78, 5) is 22.1. The summed E-state index contributed by atoms with van der Waals surface area (Å²) < 4.78 is 0. The normalized spacial score (nSPS) is 9.40. The lowest BCUT2D eigenvalue weighted by molar-refractivity contribution is -0.117. The summed E-state index contributed by atoms with van der Waals surface area (Å²) in [6, 6.07) is -0.502. The molecule has 0 saturated carbocycles. The molecule has 7 heteroatoms. The van der Waals surface area contributed by atoms with Crippen molar-refractivity contribution in [3.8, 4) is 0 Å². The molecule has 5 N–H and O–H groups in total.